The van der Waals surface area contributed by atoms with E-state index in [1.165, 1.54) is 7.11 Å². The maximum absolute atomic E-state index is 11.1. The minimum Gasteiger partial charge on any atom is -0.467 e. The molecule has 0 spiro atoms. The van der Waals surface area contributed by atoms with Gasteiger partial charge in [-0.05, 0) is 25.8 Å². The van der Waals surface area contributed by atoms with Crippen molar-refractivity contribution >= 4 is 12.0 Å². The van der Waals surface area contributed by atoms with Crippen molar-refractivity contribution in [3.8, 4) is 0 Å². The fourth-order valence-corrected chi connectivity index (χ4v) is 1.06. The van der Waals surface area contributed by atoms with Gasteiger partial charge in [-0.15, -0.1) is 0 Å². The molecule has 0 aliphatic rings. The molecule has 0 aliphatic heterocycles. The molecule has 0 rings (SSSR count). The molecule has 0 aliphatic carbocycles. The van der Waals surface area contributed by atoms with Crippen LogP contribution in [0, 0.1) is 0 Å². The number of carbonyl (C=O) groups is 2. The van der Waals surface area contributed by atoms with Gasteiger partial charge in [0.15, 0.2) is 0 Å². The summed E-state index contributed by atoms with van der Waals surface area (Å²) in [5.74, 6) is -0.485. The van der Waals surface area contributed by atoms with Gasteiger partial charge in [-0.25, -0.2) is 9.59 Å². The van der Waals surface area contributed by atoms with Gasteiger partial charge in [-0.1, -0.05) is 0 Å². The molecule has 14 heavy (non-hydrogen) atoms. The topological polar surface area (TPSA) is 107 Å². The standard InChI is InChI=1S/C8H17N3O3/c1-14-7(12)6(11-8(10)13)4-2-3-5-9/h6H,2-5,9H2,1H3,(H3,10,11,13)/t6-/m0/s1. The number of hydrogen-bond donors (Lipinski definition) is 3. The first-order valence-electron chi connectivity index (χ1n) is 4.45. The van der Waals surface area contributed by atoms with Crippen molar-refractivity contribution in [2.45, 2.75) is 25.3 Å². The van der Waals surface area contributed by atoms with Crippen molar-refractivity contribution < 1.29 is 14.3 Å². The highest BCUT2D eigenvalue weighted by Crippen LogP contribution is 2.01. The van der Waals surface area contributed by atoms with Crippen LogP contribution in [0.15, 0.2) is 0 Å². The number of unbranched alkanes of at least 4 members (excludes halogenated alkanes) is 1. The normalized spacial score (nSPS) is 11.9. The van der Waals surface area contributed by atoms with Gasteiger partial charge in [0.2, 0.25) is 0 Å². The van der Waals surface area contributed by atoms with Crippen LogP contribution in [-0.2, 0) is 9.53 Å². The van der Waals surface area contributed by atoms with E-state index in [-0.39, 0.29) is 0 Å². The monoisotopic (exact) mass is 203 g/mol. The molecule has 0 aromatic carbocycles. The van der Waals surface area contributed by atoms with Crippen molar-refractivity contribution in [3.05, 3.63) is 0 Å². The van der Waals surface area contributed by atoms with Crippen LogP contribution in [0.2, 0.25) is 0 Å². The quantitative estimate of drug-likeness (QED) is 0.393. The number of amides is 2. The summed E-state index contributed by atoms with van der Waals surface area (Å²) in [5, 5.41) is 2.31. The minimum absolute atomic E-state index is 0.485. The summed E-state index contributed by atoms with van der Waals surface area (Å²) in [7, 11) is 1.26. The van der Waals surface area contributed by atoms with E-state index in [4.69, 9.17) is 11.5 Å². The summed E-state index contributed by atoms with van der Waals surface area (Å²) in [6.45, 7) is 0.560. The summed E-state index contributed by atoms with van der Waals surface area (Å²) in [6, 6.07) is -1.39. The van der Waals surface area contributed by atoms with Crippen LogP contribution < -0.4 is 16.8 Å². The molecule has 0 heterocycles. The number of primary amides is 1. The number of nitrogens with two attached hydrogens (primary N) is 2. The van der Waals surface area contributed by atoms with E-state index < -0.39 is 18.0 Å². The predicted octanol–water partition coefficient (Wildman–Crippen LogP) is -0.675. The molecule has 0 fully saturated rings. The Bertz CT molecular complexity index is 196. The van der Waals surface area contributed by atoms with Gasteiger partial charge in [0.05, 0.1) is 7.11 Å². The van der Waals surface area contributed by atoms with Crippen LogP contribution in [-0.4, -0.2) is 31.7 Å². The average molecular weight is 203 g/mol. The fraction of sp³-hybridized carbons (Fsp3) is 0.750. The molecule has 0 aromatic heterocycles. The third kappa shape index (κ3) is 5.36. The number of ether oxygens (including phenoxy) is 1. The van der Waals surface area contributed by atoms with Gasteiger partial charge >= 0.3 is 12.0 Å². The Labute approximate surface area is 83.0 Å². The minimum atomic E-state index is -0.729. The molecule has 5 N–H and O–H groups in total. The van der Waals surface area contributed by atoms with E-state index in [1.54, 1.807) is 0 Å². The van der Waals surface area contributed by atoms with E-state index in [9.17, 15) is 9.59 Å². The van der Waals surface area contributed by atoms with Crippen molar-refractivity contribution in [2.75, 3.05) is 13.7 Å². The zero-order valence-electron chi connectivity index (χ0n) is 8.29. The molecule has 0 saturated heterocycles. The molecule has 2 amide bonds. The van der Waals surface area contributed by atoms with Gasteiger partial charge in [-0.3, -0.25) is 0 Å². The molecule has 82 valence electrons. The third-order valence-corrected chi connectivity index (χ3v) is 1.75. The second kappa shape index (κ2) is 7.14. The number of esters is 1. The smallest absolute Gasteiger partial charge is 0.328 e. The lowest BCUT2D eigenvalue weighted by molar-refractivity contribution is -0.143. The first-order chi connectivity index (χ1) is 6.61. The van der Waals surface area contributed by atoms with Crippen molar-refractivity contribution in [2.24, 2.45) is 11.5 Å². The number of nitrogens with one attached hydrogen (secondary N) is 1. The molecular weight excluding hydrogens is 186 g/mol. The first kappa shape index (κ1) is 12.7. The molecule has 1 atom stereocenters. The molecule has 0 aromatic rings. The maximum Gasteiger partial charge on any atom is 0.328 e. The Morgan fingerprint density at radius 3 is 2.50 bits per heavy atom. The van der Waals surface area contributed by atoms with E-state index in [1.807, 2.05) is 0 Å². The number of rotatable bonds is 6. The van der Waals surface area contributed by atoms with Crippen LogP contribution in [0.1, 0.15) is 19.3 Å². The van der Waals surface area contributed by atoms with Crippen molar-refractivity contribution in [1.29, 1.82) is 0 Å². The number of urea groups is 1. The molecule has 6 nitrogen and oxygen atoms in total. The van der Waals surface area contributed by atoms with Crippen LogP contribution in [0.5, 0.6) is 0 Å². The number of hydrogen-bond acceptors (Lipinski definition) is 4. The highest BCUT2D eigenvalue weighted by Gasteiger charge is 2.19. The van der Waals surface area contributed by atoms with Crippen LogP contribution in [0.3, 0.4) is 0 Å². The summed E-state index contributed by atoms with van der Waals surface area (Å²) < 4.78 is 4.50. The van der Waals surface area contributed by atoms with Gasteiger partial charge in [0.1, 0.15) is 6.04 Å². The molecule has 0 unspecified atom stereocenters. The molecule has 6 heteroatoms. The number of methoxy groups -OCH3 is 1. The fourth-order valence-electron chi connectivity index (χ4n) is 1.06. The Morgan fingerprint density at radius 2 is 2.07 bits per heavy atom. The Hall–Kier alpha value is -1.30. The lowest BCUT2D eigenvalue weighted by Gasteiger charge is -2.14. The van der Waals surface area contributed by atoms with Crippen molar-refractivity contribution in [3.63, 3.8) is 0 Å². The first-order valence-corrected chi connectivity index (χ1v) is 4.45. The average Bonchev–Trinajstić information content (AvgIpc) is 2.15. The van der Waals surface area contributed by atoms with Gasteiger partial charge in [0.25, 0.3) is 0 Å². The Kier molecular flexibility index (Phi) is 6.47. The van der Waals surface area contributed by atoms with Gasteiger partial charge in [-0.2, -0.15) is 0 Å². The van der Waals surface area contributed by atoms with Gasteiger partial charge < -0.3 is 21.5 Å². The van der Waals surface area contributed by atoms with E-state index in [0.29, 0.717) is 13.0 Å². The van der Waals surface area contributed by atoms with E-state index in [0.717, 1.165) is 12.8 Å². The summed E-state index contributed by atoms with van der Waals surface area (Å²) in [5.41, 5.74) is 10.2. The lowest BCUT2D eigenvalue weighted by atomic mass is 10.1. The SMILES string of the molecule is COC(=O)[C@H](CCCCN)NC(N)=O. The largest absolute Gasteiger partial charge is 0.467 e. The van der Waals surface area contributed by atoms with Gasteiger partial charge in [0, 0.05) is 0 Å². The molecule has 0 saturated carbocycles. The maximum atomic E-state index is 11.1. The number of carbonyl (C=O) groups excluding carboxylic acids is 2. The predicted molar refractivity (Wildman–Crippen MR) is 51.4 cm³/mol. The van der Waals surface area contributed by atoms with Crippen LogP contribution >= 0.6 is 0 Å². The Balaban J connectivity index is 3.97. The summed E-state index contributed by atoms with van der Waals surface area (Å²) in [6.07, 6.45) is 2.04. The second-order valence-corrected chi connectivity index (χ2v) is 2.87. The summed E-state index contributed by atoms with van der Waals surface area (Å²) >= 11 is 0. The molecule has 0 bridgehead atoms. The molecule has 0 radical (unpaired) electrons. The molecular formula is C8H17N3O3. The zero-order valence-corrected chi connectivity index (χ0v) is 8.29. The van der Waals surface area contributed by atoms with E-state index >= 15 is 0 Å². The Morgan fingerprint density at radius 1 is 1.43 bits per heavy atom. The zero-order chi connectivity index (χ0) is 11.0. The highest BCUT2D eigenvalue weighted by atomic mass is 16.5. The van der Waals surface area contributed by atoms with Crippen molar-refractivity contribution in [1.82, 2.24) is 5.32 Å². The highest BCUT2D eigenvalue weighted by molar-refractivity contribution is 5.82. The lowest BCUT2D eigenvalue weighted by Crippen LogP contribution is -2.44. The third-order valence-electron chi connectivity index (χ3n) is 1.75. The second-order valence-electron chi connectivity index (χ2n) is 2.87. The van der Waals surface area contributed by atoms with Crippen LogP contribution in [0.25, 0.3) is 0 Å². The van der Waals surface area contributed by atoms with E-state index in [2.05, 4.69) is 10.1 Å². The summed E-state index contributed by atoms with van der Waals surface area (Å²) in [4.78, 5) is 21.7. The van der Waals surface area contributed by atoms with Crippen LogP contribution in [0.4, 0.5) is 4.79 Å².